The van der Waals surface area contributed by atoms with E-state index in [1.165, 1.54) is 0 Å². The summed E-state index contributed by atoms with van der Waals surface area (Å²) in [6.07, 6.45) is -0.870. The first kappa shape index (κ1) is 11.8. The van der Waals surface area contributed by atoms with E-state index in [0.717, 1.165) is 6.92 Å². The molecule has 0 aromatic carbocycles. The van der Waals surface area contributed by atoms with Gasteiger partial charge in [-0.3, -0.25) is 0 Å². The Kier molecular flexibility index (Phi) is 3.59. The molecule has 0 amide bonds. The van der Waals surface area contributed by atoms with Crippen LogP contribution in [0.3, 0.4) is 0 Å². The molecule has 0 fully saturated rings. The van der Waals surface area contributed by atoms with E-state index >= 15 is 0 Å². The molecule has 0 aliphatic carbocycles. The van der Waals surface area contributed by atoms with E-state index in [1.807, 2.05) is 0 Å². The molecule has 0 aromatic heterocycles. The monoisotopic (exact) mass is 201 g/mol. The van der Waals surface area contributed by atoms with E-state index in [0.29, 0.717) is 6.92 Å². The van der Waals surface area contributed by atoms with Gasteiger partial charge < -0.3 is 4.55 Å². The lowest BCUT2D eigenvalue weighted by molar-refractivity contribution is 0.0109. The van der Waals surface area contributed by atoms with Crippen LogP contribution in [0.25, 0.3) is 0 Å². The van der Waals surface area contributed by atoms with Gasteiger partial charge in [-0.1, -0.05) is 0 Å². The minimum Gasteiger partial charge on any atom is -0.748 e. The van der Waals surface area contributed by atoms with Gasteiger partial charge in [-0.05, 0) is 20.3 Å². The zero-order chi connectivity index (χ0) is 9.99. The third kappa shape index (κ3) is 5.42. The molecular formula is C6H11F2O3S-. The van der Waals surface area contributed by atoms with Crippen LogP contribution in [0.1, 0.15) is 26.7 Å². The highest BCUT2D eigenvalue weighted by atomic mass is 32.2. The molecule has 1 atom stereocenters. The fourth-order valence-corrected chi connectivity index (χ4v) is 1.01. The van der Waals surface area contributed by atoms with Crippen molar-refractivity contribution in [2.75, 3.05) is 0 Å². The highest BCUT2D eigenvalue weighted by Gasteiger charge is 2.23. The minimum absolute atomic E-state index is 0.296. The molecule has 6 heteroatoms. The van der Waals surface area contributed by atoms with Crippen LogP contribution < -0.4 is 0 Å². The van der Waals surface area contributed by atoms with Crippen LogP contribution in [-0.2, 0) is 10.1 Å². The number of hydrogen-bond donors (Lipinski definition) is 0. The van der Waals surface area contributed by atoms with Gasteiger partial charge in [0.2, 0.25) is 5.92 Å². The zero-order valence-electron chi connectivity index (χ0n) is 6.88. The predicted octanol–water partition coefficient (Wildman–Crippen LogP) is 1.36. The van der Waals surface area contributed by atoms with Gasteiger partial charge >= 0.3 is 0 Å². The summed E-state index contributed by atoms with van der Waals surface area (Å²) >= 11 is 0. The maximum absolute atomic E-state index is 12.2. The molecule has 1 unspecified atom stereocenters. The second kappa shape index (κ2) is 3.66. The van der Waals surface area contributed by atoms with Gasteiger partial charge in [0.1, 0.15) is 0 Å². The lowest BCUT2D eigenvalue weighted by atomic mass is 10.2. The quantitative estimate of drug-likeness (QED) is 0.645. The number of rotatable bonds is 4. The molecule has 3 nitrogen and oxygen atoms in total. The van der Waals surface area contributed by atoms with Crippen molar-refractivity contribution in [3.63, 3.8) is 0 Å². The Morgan fingerprint density at radius 3 is 2.17 bits per heavy atom. The predicted molar refractivity (Wildman–Crippen MR) is 39.0 cm³/mol. The van der Waals surface area contributed by atoms with Crippen LogP contribution in [-0.4, -0.2) is 24.1 Å². The molecule has 0 saturated heterocycles. The molecule has 74 valence electrons. The molecule has 12 heavy (non-hydrogen) atoms. The highest BCUT2D eigenvalue weighted by molar-refractivity contribution is 7.86. The first-order valence-electron chi connectivity index (χ1n) is 3.45. The fourth-order valence-electron chi connectivity index (χ4n) is 0.601. The minimum atomic E-state index is -4.41. The molecule has 0 aromatic rings. The Balaban J connectivity index is 3.98. The van der Waals surface area contributed by atoms with Gasteiger partial charge in [0.05, 0.1) is 10.1 Å². The second-order valence-corrected chi connectivity index (χ2v) is 4.70. The van der Waals surface area contributed by atoms with E-state index in [9.17, 15) is 21.8 Å². The molecule has 0 spiro atoms. The number of hydrogen-bond acceptors (Lipinski definition) is 3. The molecule has 0 N–H and O–H groups in total. The summed E-state index contributed by atoms with van der Waals surface area (Å²) in [6, 6.07) is 0. The molecule has 0 saturated carbocycles. The van der Waals surface area contributed by atoms with Crippen LogP contribution in [0.5, 0.6) is 0 Å². The van der Waals surface area contributed by atoms with E-state index in [1.54, 1.807) is 0 Å². The summed E-state index contributed by atoms with van der Waals surface area (Å²) in [6.45, 7) is 1.82. The molecule has 0 bridgehead atoms. The van der Waals surface area contributed by atoms with Crippen molar-refractivity contribution >= 4 is 10.1 Å². The summed E-state index contributed by atoms with van der Waals surface area (Å²) in [4.78, 5) is 0. The number of halogens is 2. The summed E-state index contributed by atoms with van der Waals surface area (Å²) < 4.78 is 55.1. The van der Waals surface area contributed by atoms with Gasteiger partial charge in [0.15, 0.2) is 0 Å². The van der Waals surface area contributed by atoms with Crippen molar-refractivity contribution in [2.24, 2.45) is 0 Å². The molecule has 0 aliphatic heterocycles. The first-order chi connectivity index (χ1) is 5.13. The van der Waals surface area contributed by atoms with Crippen molar-refractivity contribution in [1.29, 1.82) is 0 Å². The normalized spacial score (nSPS) is 16.1. The zero-order valence-corrected chi connectivity index (χ0v) is 7.70. The summed E-state index contributed by atoms with van der Waals surface area (Å²) in [5.74, 6) is -2.90. The maximum atomic E-state index is 12.2. The molecule has 0 aliphatic rings. The van der Waals surface area contributed by atoms with Crippen LogP contribution in [0, 0.1) is 0 Å². The first-order valence-corrected chi connectivity index (χ1v) is 4.92. The molecular weight excluding hydrogens is 190 g/mol. The summed E-state index contributed by atoms with van der Waals surface area (Å²) in [5.41, 5.74) is 0. The van der Waals surface area contributed by atoms with E-state index in [4.69, 9.17) is 0 Å². The smallest absolute Gasteiger partial charge is 0.245 e. The Hall–Kier alpha value is -0.230. The molecule has 0 heterocycles. The SMILES string of the molecule is CC(CCC(C)(F)F)S(=O)(=O)[O-]. The molecule has 0 rings (SSSR count). The second-order valence-electron chi connectivity index (χ2n) is 2.91. The van der Waals surface area contributed by atoms with E-state index < -0.39 is 27.7 Å². The lowest BCUT2D eigenvalue weighted by Crippen LogP contribution is -2.20. The number of alkyl halides is 2. The topological polar surface area (TPSA) is 57.2 Å². The Morgan fingerprint density at radius 1 is 1.50 bits per heavy atom. The van der Waals surface area contributed by atoms with Gasteiger partial charge in [0, 0.05) is 11.7 Å². The Morgan fingerprint density at radius 2 is 1.92 bits per heavy atom. The average molecular weight is 201 g/mol. The van der Waals surface area contributed by atoms with Crippen LogP contribution in [0.4, 0.5) is 8.78 Å². The fraction of sp³-hybridized carbons (Fsp3) is 1.00. The van der Waals surface area contributed by atoms with Gasteiger partial charge in [0.25, 0.3) is 0 Å². The van der Waals surface area contributed by atoms with Crippen LogP contribution in [0.2, 0.25) is 0 Å². The average Bonchev–Trinajstić information content (AvgIpc) is 1.78. The van der Waals surface area contributed by atoms with Crippen molar-refractivity contribution in [3.8, 4) is 0 Å². The standard InChI is InChI=1S/C6H12F2O3S/c1-5(12(9,10)11)3-4-6(2,7)8/h5H,3-4H2,1-2H3,(H,9,10,11)/p-1. The summed E-state index contributed by atoms with van der Waals surface area (Å²) in [5, 5.41) is -1.23. The third-order valence-electron chi connectivity index (χ3n) is 1.48. The Bertz CT molecular complexity index is 230. The van der Waals surface area contributed by atoms with Crippen molar-refractivity contribution in [2.45, 2.75) is 37.9 Å². The van der Waals surface area contributed by atoms with E-state index in [2.05, 4.69) is 0 Å². The Labute approximate surface area is 70.5 Å². The summed E-state index contributed by atoms with van der Waals surface area (Å²) in [7, 11) is -4.41. The van der Waals surface area contributed by atoms with Crippen molar-refractivity contribution < 1.29 is 21.8 Å². The lowest BCUT2D eigenvalue weighted by Gasteiger charge is -2.17. The highest BCUT2D eigenvalue weighted by Crippen LogP contribution is 2.21. The van der Waals surface area contributed by atoms with E-state index in [-0.39, 0.29) is 6.42 Å². The van der Waals surface area contributed by atoms with Gasteiger partial charge in [-0.25, -0.2) is 17.2 Å². The van der Waals surface area contributed by atoms with Crippen molar-refractivity contribution in [3.05, 3.63) is 0 Å². The maximum Gasteiger partial charge on any atom is 0.245 e. The van der Waals surface area contributed by atoms with Crippen molar-refractivity contribution in [1.82, 2.24) is 0 Å². The van der Waals surface area contributed by atoms with Crippen LogP contribution >= 0.6 is 0 Å². The van der Waals surface area contributed by atoms with Gasteiger partial charge in [-0.2, -0.15) is 0 Å². The largest absolute Gasteiger partial charge is 0.748 e. The molecule has 0 radical (unpaired) electrons. The van der Waals surface area contributed by atoms with Gasteiger partial charge in [-0.15, -0.1) is 0 Å². The third-order valence-corrected chi connectivity index (χ3v) is 2.70. The van der Waals surface area contributed by atoms with Crippen LogP contribution in [0.15, 0.2) is 0 Å².